The van der Waals surface area contributed by atoms with Crippen LogP contribution in [0.4, 0.5) is 21.9 Å². The van der Waals surface area contributed by atoms with E-state index in [-0.39, 0.29) is 23.4 Å². The normalized spacial score (nSPS) is 13.2. The Hall–Kier alpha value is -3.35. The number of fused-ring (bicyclic) bond motifs is 1. The summed E-state index contributed by atoms with van der Waals surface area (Å²) in [5.74, 6) is -0.671. The number of anilines is 3. The number of aryl methyl sites for hydroxylation is 1. The summed E-state index contributed by atoms with van der Waals surface area (Å²) in [4.78, 5) is 38.1. The lowest BCUT2D eigenvalue weighted by Gasteiger charge is -2.17. The summed E-state index contributed by atoms with van der Waals surface area (Å²) in [6.45, 7) is 5.45. The van der Waals surface area contributed by atoms with Crippen molar-refractivity contribution in [1.29, 1.82) is 0 Å². The zero-order chi connectivity index (χ0) is 19.0. The number of hydrogen-bond donors (Lipinski definition) is 3. The fourth-order valence-electron chi connectivity index (χ4n) is 2.87. The van der Waals surface area contributed by atoms with Gasteiger partial charge in [-0.3, -0.25) is 14.5 Å². The summed E-state index contributed by atoms with van der Waals surface area (Å²) in [5, 5.41) is 5.34. The van der Waals surface area contributed by atoms with Crippen LogP contribution < -0.4 is 16.4 Å². The predicted octanol–water partition coefficient (Wildman–Crippen LogP) is 3.23. The fraction of sp³-hybridized carbons (Fsp3) is 0.211. The highest BCUT2D eigenvalue weighted by molar-refractivity contribution is 6.22. The molecule has 2 aromatic rings. The maximum atomic E-state index is 12.4. The van der Waals surface area contributed by atoms with E-state index in [0.717, 1.165) is 5.56 Å². The van der Waals surface area contributed by atoms with Crippen molar-refractivity contribution >= 4 is 34.9 Å². The molecule has 1 heterocycles. The van der Waals surface area contributed by atoms with E-state index >= 15 is 0 Å². The molecule has 2 aromatic carbocycles. The molecule has 0 radical (unpaired) electrons. The van der Waals surface area contributed by atoms with Gasteiger partial charge in [0.25, 0.3) is 11.8 Å². The molecule has 0 unspecified atom stereocenters. The lowest BCUT2D eigenvalue weighted by molar-refractivity contribution is 0.0609. The van der Waals surface area contributed by atoms with Crippen molar-refractivity contribution in [3.8, 4) is 0 Å². The molecular weight excluding hydrogens is 332 g/mol. The van der Waals surface area contributed by atoms with Crippen molar-refractivity contribution in [3.05, 3.63) is 53.1 Å². The number of benzene rings is 2. The Balaban J connectivity index is 1.78. The summed E-state index contributed by atoms with van der Waals surface area (Å²) >= 11 is 0. The Morgan fingerprint density at radius 3 is 2.38 bits per heavy atom. The molecule has 0 aromatic heterocycles. The third kappa shape index (κ3) is 3.11. The third-order valence-electron chi connectivity index (χ3n) is 4.15. The van der Waals surface area contributed by atoms with E-state index in [0.29, 0.717) is 22.6 Å². The Labute approximate surface area is 151 Å². The van der Waals surface area contributed by atoms with Gasteiger partial charge < -0.3 is 16.4 Å². The third-order valence-corrected chi connectivity index (χ3v) is 4.15. The Morgan fingerprint density at radius 1 is 1.00 bits per heavy atom. The van der Waals surface area contributed by atoms with Gasteiger partial charge in [-0.1, -0.05) is 6.07 Å². The van der Waals surface area contributed by atoms with E-state index < -0.39 is 6.03 Å². The summed E-state index contributed by atoms with van der Waals surface area (Å²) in [5.41, 5.74) is 8.82. The quantitative estimate of drug-likeness (QED) is 0.582. The number of hydrogen-bond acceptors (Lipinski definition) is 4. The lowest BCUT2D eigenvalue weighted by Crippen LogP contribution is -2.35. The molecular formula is C19H20N4O3. The Kier molecular flexibility index (Phi) is 4.38. The second kappa shape index (κ2) is 6.51. The number of nitrogens with zero attached hydrogens (tertiary/aromatic N) is 1. The van der Waals surface area contributed by atoms with E-state index in [4.69, 9.17) is 5.73 Å². The smallest absolute Gasteiger partial charge is 0.323 e. The first-order valence-corrected chi connectivity index (χ1v) is 8.24. The molecule has 134 valence electrons. The standard InChI is InChI=1S/C19H20N4O3/c1-10(2)23-17(24)13-6-5-12(9-14(13)18(23)25)21-19(26)22-16-8-11(3)4-7-15(16)20/h4-10H,20H2,1-3H3,(H2,21,22,26). The van der Waals surface area contributed by atoms with E-state index in [1.807, 2.05) is 13.0 Å². The monoisotopic (exact) mass is 352 g/mol. The van der Waals surface area contributed by atoms with Crippen LogP contribution in [0.15, 0.2) is 36.4 Å². The number of nitrogens with one attached hydrogen (secondary N) is 2. The Bertz CT molecular complexity index is 921. The van der Waals surface area contributed by atoms with Gasteiger partial charge in [-0.2, -0.15) is 0 Å². The van der Waals surface area contributed by atoms with Crippen molar-refractivity contribution in [2.75, 3.05) is 16.4 Å². The number of imide groups is 1. The van der Waals surface area contributed by atoms with E-state index in [9.17, 15) is 14.4 Å². The van der Waals surface area contributed by atoms with Crippen LogP contribution in [0.3, 0.4) is 0 Å². The highest BCUT2D eigenvalue weighted by Gasteiger charge is 2.37. The van der Waals surface area contributed by atoms with Gasteiger partial charge in [0.05, 0.1) is 22.5 Å². The van der Waals surface area contributed by atoms with Crippen molar-refractivity contribution in [1.82, 2.24) is 4.90 Å². The average molecular weight is 352 g/mol. The molecule has 4 amide bonds. The molecule has 1 aliphatic rings. The topological polar surface area (TPSA) is 105 Å². The summed E-state index contributed by atoms with van der Waals surface area (Å²) in [6, 6.07) is 9.26. The van der Waals surface area contributed by atoms with Crippen LogP contribution in [0.25, 0.3) is 0 Å². The van der Waals surface area contributed by atoms with Crippen molar-refractivity contribution in [3.63, 3.8) is 0 Å². The van der Waals surface area contributed by atoms with Crippen LogP contribution in [-0.4, -0.2) is 28.8 Å². The average Bonchev–Trinajstić information content (AvgIpc) is 2.82. The Morgan fingerprint density at radius 2 is 1.69 bits per heavy atom. The molecule has 0 spiro atoms. The minimum atomic E-state index is -0.486. The van der Waals surface area contributed by atoms with Gasteiger partial charge in [0.15, 0.2) is 0 Å². The van der Waals surface area contributed by atoms with Crippen LogP contribution in [0, 0.1) is 6.92 Å². The van der Waals surface area contributed by atoms with Crippen LogP contribution in [0.2, 0.25) is 0 Å². The second-order valence-corrected chi connectivity index (χ2v) is 6.50. The van der Waals surface area contributed by atoms with E-state index in [1.54, 1.807) is 38.1 Å². The summed E-state index contributed by atoms with van der Waals surface area (Å²) in [6.07, 6.45) is 0. The zero-order valence-electron chi connectivity index (χ0n) is 14.8. The van der Waals surface area contributed by atoms with Crippen LogP contribution in [0.1, 0.15) is 40.1 Å². The largest absolute Gasteiger partial charge is 0.397 e. The van der Waals surface area contributed by atoms with Gasteiger partial charge in [0.1, 0.15) is 0 Å². The summed E-state index contributed by atoms with van der Waals surface area (Å²) < 4.78 is 0. The molecule has 1 aliphatic heterocycles. The molecule has 0 saturated carbocycles. The van der Waals surface area contributed by atoms with Gasteiger partial charge in [0, 0.05) is 11.7 Å². The molecule has 7 nitrogen and oxygen atoms in total. The number of amides is 4. The maximum absolute atomic E-state index is 12.4. The fourth-order valence-corrected chi connectivity index (χ4v) is 2.87. The zero-order valence-corrected chi connectivity index (χ0v) is 14.8. The van der Waals surface area contributed by atoms with E-state index in [2.05, 4.69) is 10.6 Å². The molecule has 0 bridgehead atoms. The molecule has 0 atom stereocenters. The number of nitrogens with two attached hydrogens (primary N) is 1. The number of urea groups is 1. The van der Waals surface area contributed by atoms with Crippen molar-refractivity contribution in [2.45, 2.75) is 26.8 Å². The number of nitrogen functional groups attached to an aromatic ring is 1. The SMILES string of the molecule is Cc1ccc(N)c(NC(=O)Nc2ccc3c(c2)C(=O)N(C(C)C)C3=O)c1. The molecule has 0 fully saturated rings. The highest BCUT2D eigenvalue weighted by Crippen LogP contribution is 2.27. The van der Waals surface area contributed by atoms with Gasteiger partial charge >= 0.3 is 6.03 Å². The van der Waals surface area contributed by atoms with Crippen molar-refractivity contribution in [2.24, 2.45) is 0 Å². The maximum Gasteiger partial charge on any atom is 0.323 e. The predicted molar refractivity (Wildman–Crippen MR) is 100 cm³/mol. The van der Waals surface area contributed by atoms with Crippen molar-refractivity contribution < 1.29 is 14.4 Å². The molecule has 7 heteroatoms. The minimum Gasteiger partial charge on any atom is -0.397 e. The summed E-state index contributed by atoms with van der Waals surface area (Å²) in [7, 11) is 0. The number of rotatable bonds is 3. The lowest BCUT2D eigenvalue weighted by atomic mass is 10.1. The molecule has 26 heavy (non-hydrogen) atoms. The second-order valence-electron chi connectivity index (χ2n) is 6.50. The van der Waals surface area contributed by atoms with E-state index in [1.165, 1.54) is 11.0 Å². The van der Waals surface area contributed by atoms with Crippen LogP contribution in [-0.2, 0) is 0 Å². The number of carbonyl (C=O) groups excluding carboxylic acids is 3. The first kappa shape index (κ1) is 17.5. The molecule has 0 aliphatic carbocycles. The number of carbonyl (C=O) groups is 3. The van der Waals surface area contributed by atoms with Gasteiger partial charge in [-0.25, -0.2) is 4.79 Å². The first-order valence-electron chi connectivity index (χ1n) is 8.24. The molecule has 3 rings (SSSR count). The highest BCUT2D eigenvalue weighted by atomic mass is 16.2. The van der Waals surface area contributed by atoms with Gasteiger partial charge in [-0.15, -0.1) is 0 Å². The minimum absolute atomic E-state index is 0.230. The molecule has 4 N–H and O–H groups in total. The van der Waals surface area contributed by atoms with Crippen LogP contribution >= 0.6 is 0 Å². The van der Waals surface area contributed by atoms with Gasteiger partial charge in [0.2, 0.25) is 0 Å². The first-order chi connectivity index (χ1) is 12.3. The van der Waals surface area contributed by atoms with Gasteiger partial charge in [-0.05, 0) is 56.7 Å². The molecule has 0 saturated heterocycles. The van der Waals surface area contributed by atoms with Crippen LogP contribution in [0.5, 0.6) is 0 Å².